The van der Waals surface area contributed by atoms with E-state index >= 15 is 0 Å². The number of amides is 1. The maximum Gasteiger partial charge on any atom is 0.246 e. The molecule has 1 unspecified atom stereocenters. The van der Waals surface area contributed by atoms with Crippen molar-refractivity contribution in [3.05, 3.63) is 35.9 Å². The predicted octanol–water partition coefficient (Wildman–Crippen LogP) is 1.85. The second-order valence-electron chi connectivity index (χ2n) is 5.25. The number of nitrogens with one attached hydrogen (secondary N) is 2. The Labute approximate surface area is 120 Å². The van der Waals surface area contributed by atoms with Crippen molar-refractivity contribution in [2.75, 3.05) is 19.8 Å². The Bertz CT molecular complexity index is 389. The lowest BCUT2D eigenvalue weighted by molar-refractivity contribution is -0.125. The van der Waals surface area contributed by atoms with Crippen LogP contribution >= 0.6 is 0 Å². The summed E-state index contributed by atoms with van der Waals surface area (Å²) in [7, 11) is 0. The topological polar surface area (TPSA) is 50.4 Å². The van der Waals surface area contributed by atoms with E-state index in [-0.39, 0.29) is 12.5 Å². The molecule has 2 rings (SSSR count). The second-order valence-corrected chi connectivity index (χ2v) is 5.25. The van der Waals surface area contributed by atoms with E-state index in [0.29, 0.717) is 19.2 Å². The molecule has 1 heterocycles. The summed E-state index contributed by atoms with van der Waals surface area (Å²) in [6, 6.07) is 10.5. The van der Waals surface area contributed by atoms with E-state index in [2.05, 4.69) is 10.6 Å². The van der Waals surface area contributed by atoms with Crippen LogP contribution in [0.4, 0.5) is 0 Å². The Hall–Kier alpha value is -1.39. The van der Waals surface area contributed by atoms with Gasteiger partial charge in [-0.05, 0) is 31.4 Å². The number of carbonyl (C=O) groups excluding carboxylic acids is 1. The van der Waals surface area contributed by atoms with Crippen molar-refractivity contribution in [2.24, 2.45) is 0 Å². The molecule has 0 radical (unpaired) electrons. The maximum atomic E-state index is 11.6. The van der Waals surface area contributed by atoms with Crippen LogP contribution in [0.25, 0.3) is 0 Å². The number of benzene rings is 1. The number of rotatable bonds is 7. The Morgan fingerprint density at radius 1 is 1.30 bits per heavy atom. The van der Waals surface area contributed by atoms with Crippen LogP contribution in [0.1, 0.15) is 31.2 Å². The van der Waals surface area contributed by atoms with Gasteiger partial charge in [0.2, 0.25) is 5.91 Å². The highest BCUT2D eigenvalue weighted by Gasteiger charge is 2.12. The fraction of sp³-hybridized carbons (Fsp3) is 0.562. The molecule has 0 bridgehead atoms. The van der Waals surface area contributed by atoms with Gasteiger partial charge in [-0.3, -0.25) is 4.79 Å². The van der Waals surface area contributed by atoms with Crippen molar-refractivity contribution in [1.29, 1.82) is 0 Å². The first kappa shape index (κ1) is 15.0. The van der Waals surface area contributed by atoms with Crippen LogP contribution < -0.4 is 10.6 Å². The van der Waals surface area contributed by atoms with Crippen molar-refractivity contribution in [2.45, 2.75) is 38.3 Å². The van der Waals surface area contributed by atoms with Gasteiger partial charge in [-0.25, -0.2) is 0 Å². The summed E-state index contributed by atoms with van der Waals surface area (Å²) in [5.74, 6) is -0.0505. The summed E-state index contributed by atoms with van der Waals surface area (Å²) >= 11 is 0. The zero-order valence-electron chi connectivity index (χ0n) is 11.9. The minimum absolute atomic E-state index is 0.0505. The minimum atomic E-state index is -0.0505. The van der Waals surface area contributed by atoms with Crippen molar-refractivity contribution in [1.82, 2.24) is 10.6 Å². The van der Waals surface area contributed by atoms with Crippen LogP contribution in [-0.4, -0.2) is 31.7 Å². The van der Waals surface area contributed by atoms with E-state index < -0.39 is 0 Å². The summed E-state index contributed by atoms with van der Waals surface area (Å²) in [4.78, 5) is 11.6. The average molecular weight is 276 g/mol. The monoisotopic (exact) mass is 276 g/mol. The van der Waals surface area contributed by atoms with Crippen molar-refractivity contribution in [3.8, 4) is 0 Å². The van der Waals surface area contributed by atoms with Gasteiger partial charge in [0.25, 0.3) is 0 Å². The lowest BCUT2D eigenvalue weighted by Crippen LogP contribution is -2.35. The van der Waals surface area contributed by atoms with Crippen LogP contribution in [-0.2, 0) is 16.1 Å². The number of ether oxygens (including phenoxy) is 1. The zero-order valence-corrected chi connectivity index (χ0v) is 11.9. The van der Waals surface area contributed by atoms with Crippen LogP contribution in [0.2, 0.25) is 0 Å². The van der Waals surface area contributed by atoms with Gasteiger partial charge in [0.15, 0.2) is 0 Å². The number of hydrogen-bond acceptors (Lipinski definition) is 3. The molecule has 20 heavy (non-hydrogen) atoms. The van der Waals surface area contributed by atoms with E-state index in [1.165, 1.54) is 19.3 Å². The SMILES string of the molecule is O=C(COCCC1CCCCN1)NCc1ccccc1. The van der Waals surface area contributed by atoms with Crippen LogP contribution in [0.15, 0.2) is 30.3 Å². The molecule has 1 amide bonds. The lowest BCUT2D eigenvalue weighted by atomic mass is 10.0. The largest absolute Gasteiger partial charge is 0.372 e. The van der Waals surface area contributed by atoms with E-state index in [1.807, 2.05) is 30.3 Å². The first-order valence-electron chi connectivity index (χ1n) is 7.46. The summed E-state index contributed by atoms with van der Waals surface area (Å²) < 4.78 is 5.43. The third kappa shape index (κ3) is 5.72. The molecule has 1 fully saturated rings. The first-order chi connectivity index (χ1) is 9.84. The highest BCUT2D eigenvalue weighted by atomic mass is 16.5. The molecule has 0 saturated carbocycles. The van der Waals surface area contributed by atoms with Crippen molar-refractivity contribution < 1.29 is 9.53 Å². The summed E-state index contributed by atoms with van der Waals surface area (Å²) in [6.45, 7) is 2.48. The standard InChI is InChI=1S/C16H24N2O2/c19-16(18-12-14-6-2-1-3-7-14)13-20-11-9-15-8-4-5-10-17-15/h1-3,6-7,15,17H,4-5,8-13H2,(H,18,19). The maximum absolute atomic E-state index is 11.6. The molecule has 1 atom stereocenters. The Balaban J connectivity index is 1.51. The van der Waals surface area contributed by atoms with Gasteiger partial charge in [-0.1, -0.05) is 36.8 Å². The van der Waals surface area contributed by atoms with Gasteiger partial charge in [0, 0.05) is 19.2 Å². The number of piperidine rings is 1. The van der Waals surface area contributed by atoms with Gasteiger partial charge in [-0.2, -0.15) is 0 Å². The number of hydrogen-bond donors (Lipinski definition) is 2. The minimum Gasteiger partial charge on any atom is -0.372 e. The molecule has 4 heteroatoms. The Morgan fingerprint density at radius 2 is 2.15 bits per heavy atom. The van der Waals surface area contributed by atoms with E-state index in [0.717, 1.165) is 18.5 Å². The molecule has 2 N–H and O–H groups in total. The average Bonchev–Trinajstić information content (AvgIpc) is 2.52. The van der Waals surface area contributed by atoms with Gasteiger partial charge in [-0.15, -0.1) is 0 Å². The van der Waals surface area contributed by atoms with Crippen LogP contribution in [0.5, 0.6) is 0 Å². The molecule has 4 nitrogen and oxygen atoms in total. The molecule has 110 valence electrons. The fourth-order valence-corrected chi connectivity index (χ4v) is 2.41. The van der Waals surface area contributed by atoms with E-state index in [4.69, 9.17) is 4.74 Å². The molecule has 0 aliphatic carbocycles. The normalized spacial score (nSPS) is 18.7. The van der Waals surface area contributed by atoms with Gasteiger partial charge in [0.1, 0.15) is 6.61 Å². The molecule has 1 aliphatic heterocycles. The highest BCUT2D eigenvalue weighted by Crippen LogP contribution is 2.09. The third-order valence-corrected chi connectivity index (χ3v) is 3.59. The van der Waals surface area contributed by atoms with Gasteiger partial charge < -0.3 is 15.4 Å². The summed E-state index contributed by atoms with van der Waals surface area (Å²) in [6.07, 6.45) is 4.80. The lowest BCUT2D eigenvalue weighted by Gasteiger charge is -2.23. The number of carbonyl (C=O) groups is 1. The fourth-order valence-electron chi connectivity index (χ4n) is 2.41. The third-order valence-electron chi connectivity index (χ3n) is 3.59. The quantitative estimate of drug-likeness (QED) is 0.747. The highest BCUT2D eigenvalue weighted by molar-refractivity contribution is 5.77. The Morgan fingerprint density at radius 3 is 2.90 bits per heavy atom. The van der Waals surface area contributed by atoms with Crippen LogP contribution in [0.3, 0.4) is 0 Å². The molecular weight excluding hydrogens is 252 g/mol. The van der Waals surface area contributed by atoms with Crippen LogP contribution in [0, 0.1) is 0 Å². The molecule has 1 aromatic rings. The predicted molar refractivity (Wildman–Crippen MR) is 79.4 cm³/mol. The smallest absolute Gasteiger partial charge is 0.246 e. The van der Waals surface area contributed by atoms with Gasteiger partial charge in [0.05, 0.1) is 0 Å². The molecule has 1 aromatic carbocycles. The molecule has 0 spiro atoms. The van der Waals surface area contributed by atoms with Crippen molar-refractivity contribution in [3.63, 3.8) is 0 Å². The molecule has 1 aliphatic rings. The first-order valence-corrected chi connectivity index (χ1v) is 7.46. The van der Waals surface area contributed by atoms with Gasteiger partial charge >= 0.3 is 0 Å². The van der Waals surface area contributed by atoms with E-state index in [9.17, 15) is 4.79 Å². The summed E-state index contributed by atoms with van der Waals surface area (Å²) in [5, 5.41) is 6.33. The molecule has 0 aromatic heterocycles. The van der Waals surface area contributed by atoms with E-state index in [1.54, 1.807) is 0 Å². The zero-order chi connectivity index (χ0) is 14.0. The molecule has 1 saturated heterocycles. The Kier molecular flexibility index (Phi) is 6.54. The van der Waals surface area contributed by atoms with Crippen molar-refractivity contribution >= 4 is 5.91 Å². The summed E-state index contributed by atoms with van der Waals surface area (Å²) in [5.41, 5.74) is 1.10. The second kappa shape index (κ2) is 8.72. The molecular formula is C16H24N2O2.